The van der Waals surface area contributed by atoms with Gasteiger partial charge in [-0.2, -0.15) is 0 Å². The Morgan fingerprint density at radius 1 is 1.17 bits per heavy atom. The molecule has 2 aromatic carbocycles. The zero-order chi connectivity index (χ0) is 17.2. The van der Waals surface area contributed by atoms with Crippen molar-refractivity contribution in [3.63, 3.8) is 0 Å². The molecule has 1 aliphatic rings. The van der Waals surface area contributed by atoms with Crippen molar-refractivity contribution in [2.24, 2.45) is 0 Å². The maximum absolute atomic E-state index is 12.3. The van der Waals surface area contributed by atoms with Crippen molar-refractivity contribution in [3.8, 4) is 5.75 Å². The van der Waals surface area contributed by atoms with Crippen molar-refractivity contribution in [3.05, 3.63) is 59.7 Å². The largest absolute Gasteiger partial charge is 0.488 e. The van der Waals surface area contributed by atoms with Crippen molar-refractivity contribution in [2.45, 2.75) is 17.4 Å². The highest BCUT2D eigenvalue weighted by atomic mass is 32.2. The van der Waals surface area contributed by atoms with Crippen molar-refractivity contribution in [1.82, 2.24) is 10.0 Å². The molecule has 0 bridgehead atoms. The van der Waals surface area contributed by atoms with Crippen LogP contribution in [0.5, 0.6) is 5.75 Å². The monoisotopic (exact) mass is 346 g/mol. The summed E-state index contributed by atoms with van der Waals surface area (Å²) in [6.45, 7) is 0.189. The number of carbonyl (C=O) groups is 1. The predicted octanol–water partition coefficient (Wildman–Crippen LogP) is 1.33. The number of para-hydroxylation sites is 1. The zero-order valence-electron chi connectivity index (χ0n) is 13.2. The molecule has 0 saturated carbocycles. The number of rotatable bonds is 5. The second-order valence-corrected chi connectivity index (χ2v) is 7.27. The lowest BCUT2D eigenvalue weighted by Gasteiger charge is -2.12. The molecular weight excluding hydrogens is 328 g/mol. The molecule has 24 heavy (non-hydrogen) atoms. The molecule has 0 spiro atoms. The van der Waals surface area contributed by atoms with Gasteiger partial charge in [-0.1, -0.05) is 18.2 Å². The van der Waals surface area contributed by atoms with Crippen molar-refractivity contribution in [2.75, 3.05) is 13.6 Å². The van der Waals surface area contributed by atoms with Gasteiger partial charge in [-0.25, -0.2) is 13.1 Å². The zero-order valence-corrected chi connectivity index (χ0v) is 14.0. The van der Waals surface area contributed by atoms with Crippen molar-refractivity contribution in [1.29, 1.82) is 0 Å². The smallest absolute Gasteiger partial charge is 0.251 e. The Hall–Kier alpha value is -2.38. The van der Waals surface area contributed by atoms with Gasteiger partial charge in [0.15, 0.2) is 0 Å². The summed E-state index contributed by atoms with van der Waals surface area (Å²) in [6.07, 6.45) is 0.455. The summed E-state index contributed by atoms with van der Waals surface area (Å²) in [5.74, 6) is 0.542. The summed E-state index contributed by atoms with van der Waals surface area (Å²) in [5, 5.41) is 2.49. The summed E-state index contributed by atoms with van der Waals surface area (Å²) in [7, 11) is -2.12. The molecule has 1 aliphatic heterocycles. The van der Waals surface area contributed by atoms with E-state index in [1.165, 1.54) is 31.3 Å². The summed E-state index contributed by atoms with van der Waals surface area (Å²) in [6, 6.07) is 13.5. The number of hydrogen-bond donors (Lipinski definition) is 2. The number of hydrogen-bond acceptors (Lipinski definition) is 4. The second-order valence-electron chi connectivity index (χ2n) is 5.51. The Bertz CT molecular complexity index is 822. The number of amides is 1. The Kier molecular flexibility index (Phi) is 4.55. The van der Waals surface area contributed by atoms with E-state index in [0.29, 0.717) is 12.0 Å². The van der Waals surface area contributed by atoms with E-state index < -0.39 is 10.0 Å². The number of fused-ring (bicyclic) bond motifs is 1. The maximum Gasteiger partial charge on any atom is 0.251 e. The summed E-state index contributed by atoms with van der Waals surface area (Å²) >= 11 is 0. The standard InChI is InChI=1S/C17H18N2O4S/c1-18-17(20)12-6-8-15(9-7-12)24(21,22)19-11-14-10-13-4-2-3-5-16(13)23-14/h2-9,14,19H,10-11H2,1H3,(H,18,20)/t14-/m1/s1. The highest BCUT2D eigenvalue weighted by Crippen LogP contribution is 2.27. The van der Waals surface area contributed by atoms with Gasteiger partial charge < -0.3 is 10.1 Å². The van der Waals surface area contributed by atoms with Crippen molar-refractivity contribution < 1.29 is 17.9 Å². The summed E-state index contributed by atoms with van der Waals surface area (Å²) in [5.41, 5.74) is 1.49. The molecule has 0 saturated heterocycles. The van der Waals surface area contributed by atoms with E-state index in [1.54, 1.807) is 0 Å². The predicted molar refractivity (Wildman–Crippen MR) is 89.6 cm³/mol. The molecule has 2 aromatic rings. The van der Waals surface area contributed by atoms with E-state index in [4.69, 9.17) is 4.74 Å². The van der Waals surface area contributed by atoms with E-state index in [1.807, 2.05) is 24.3 Å². The molecule has 0 fully saturated rings. The maximum atomic E-state index is 12.3. The Morgan fingerprint density at radius 2 is 1.88 bits per heavy atom. The van der Waals surface area contributed by atoms with E-state index >= 15 is 0 Å². The van der Waals surface area contributed by atoms with E-state index in [0.717, 1.165) is 11.3 Å². The molecule has 7 heteroatoms. The average molecular weight is 346 g/mol. The Balaban J connectivity index is 1.64. The number of ether oxygens (including phenoxy) is 1. The lowest BCUT2D eigenvalue weighted by molar-refractivity contribution is 0.0963. The fourth-order valence-electron chi connectivity index (χ4n) is 2.58. The van der Waals surface area contributed by atoms with Crippen LogP contribution in [0.1, 0.15) is 15.9 Å². The minimum atomic E-state index is -3.65. The van der Waals surface area contributed by atoms with Crippen LogP contribution in [0.3, 0.4) is 0 Å². The van der Waals surface area contributed by atoms with E-state index in [2.05, 4.69) is 10.0 Å². The van der Waals surface area contributed by atoms with Gasteiger partial charge in [-0.15, -0.1) is 0 Å². The normalized spacial score (nSPS) is 16.3. The van der Waals surface area contributed by atoms with Crippen LogP contribution in [0.2, 0.25) is 0 Å². The first kappa shape index (κ1) is 16.5. The minimum Gasteiger partial charge on any atom is -0.488 e. The minimum absolute atomic E-state index is 0.116. The quantitative estimate of drug-likeness (QED) is 0.855. The van der Waals surface area contributed by atoms with E-state index in [9.17, 15) is 13.2 Å². The molecule has 3 rings (SSSR count). The third-order valence-electron chi connectivity index (χ3n) is 3.87. The van der Waals surface area contributed by atoms with Gasteiger partial charge in [-0.05, 0) is 35.9 Å². The van der Waals surface area contributed by atoms with Crippen LogP contribution in [0, 0.1) is 0 Å². The third kappa shape index (κ3) is 3.42. The first-order chi connectivity index (χ1) is 11.5. The van der Waals surface area contributed by atoms with Crippen LogP contribution in [-0.2, 0) is 16.4 Å². The average Bonchev–Trinajstić information content (AvgIpc) is 3.02. The van der Waals surface area contributed by atoms with Crippen LogP contribution in [0.4, 0.5) is 0 Å². The summed E-state index contributed by atoms with van der Waals surface area (Å²) < 4.78 is 33.0. The molecule has 2 N–H and O–H groups in total. The third-order valence-corrected chi connectivity index (χ3v) is 5.31. The van der Waals surface area contributed by atoms with Gasteiger partial charge in [-0.3, -0.25) is 4.79 Å². The molecule has 126 valence electrons. The second kappa shape index (κ2) is 6.62. The van der Waals surface area contributed by atoms with Gasteiger partial charge >= 0.3 is 0 Å². The van der Waals surface area contributed by atoms with E-state index in [-0.39, 0.29) is 23.5 Å². The number of carbonyl (C=O) groups excluding carboxylic acids is 1. The highest BCUT2D eigenvalue weighted by Gasteiger charge is 2.24. The van der Waals surface area contributed by atoms with Gasteiger partial charge in [0.05, 0.1) is 4.90 Å². The molecular formula is C17H18N2O4S. The number of benzene rings is 2. The fraction of sp³-hybridized carbons (Fsp3) is 0.235. The highest BCUT2D eigenvalue weighted by molar-refractivity contribution is 7.89. The fourth-order valence-corrected chi connectivity index (χ4v) is 3.65. The molecule has 6 nitrogen and oxygen atoms in total. The van der Waals surface area contributed by atoms with Crippen LogP contribution < -0.4 is 14.8 Å². The molecule has 1 heterocycles. The lowest BCUT2D eigenvalue weighted by atomic mass is 10.1. The first-order valence-corrected chi connectivity index (χ1v) is 9.04. The number of nitrogens with one attached hydrogen (secondary N) is 2. The van der Waals surface area contributed by atoms with Gasteiger partial charge in [0.1, 0.15) is 11.9 Å². The number of sulfonamides is 1. The molecule has 1 atom stereocenters. The van der Waals surface area contributed by atoms with Gasteiger partial charge in [0, 0.05) is 25.6 Å². The molecule has 0 unspecified atom stereocenters. The molecule has 0 radical (unpaired) electrons. The first-order valence-electron chi connectivity index (χ1n) is 7.56. The lowest BCUT2D eigenvalue weighted by Crippen LogP contribution is -2.34. The Morgan fingerprint density at radius 3 is 2.54 bits per heavy atom. The summed E-state index contributed by atoms with van der Waals surface area (Å²) in [4.78, 5) is 11.6. The molecule has 0 aromatic heterocycles. The van der Waals surface area contributed by atoms with Crippen LogP contribution in [0.15, 0.2) is 53.4 Å². The van der Waals surface area contributed by atoms with Crippen LogP contribution >= 0.6 is 0 Å². The molecule has 1 amide bonds. The molecule has 0 aliphatic carbocycles. The van der Waals surface area contributed by atoms with Crippen LogP contribution in [0.25, 0.3) is 0 Å². The topological polar surface area (TPSA) is 84.5 Å². The van der Waals surface area contributed by atoms with Crippen LogP contribution in [-0.4, -0.2) is 34.0 Å². The van der Waals surface area contributed by atoms with Gasteiger partial charge in [0.25, 0.3) is 5.91 Å². The van der Waals surface area contributed by atoms with Crippen molar-refractivity contribution >= 4 is 15.9 Å². The SMILES string of the molecule is CNC(=O)c1ccc(S(=O)(=O)NC[C@H]2Cc3ccccc3O2)cc1. The van der Waals surface area contributed by atoms with Gasteiger partial charge in [0.2, 0.25) is 10.0 Å². The Labute approximate surface area is 140 Å².